The second-order valence-electron chi connectivity index (χ2n) is 7.92. The minimum atomic E-state index is -0.966. The van der Waals surface area contributed by atoms with Crippen LogP contribution in [0.5, 0.6) is 5.75 Å². The average molecular weight is 595 g/mol. The molecule has 180 valence electrons. The van der Waals surface area contributed by atoms with E-state index in [1.807, 2.05) is 43.3 Å². The number of alkyl carbamates (subject to hydrolysis) is 1. The molecule has 34 heavy (non-hydrogen) atoms. The lowest BCUT2D eigenvalue weighted by Gasteiger charge is -2.19. The Bertz CT molecular complexity index is 1240. The minimum Gasteiger partial charge on any atom is -0.445 e. The molecule has 1 N–H and O–H groups in total. The van der Waals surface area contributed by atoms with Gasteiger partial charge in [-0.2, -0.15) is 0 Å². The van der Waals surface area contributed by atoms with Crippen molar-refractivity contribution in [1.82, 2.24) is 5.32 Å². The number of hydrogen-bond donors (Lipinski definition) is 1. The van der Waals surface area contributed by atoms with Crippen molar-refractivity contribution in [1.29, 1.82) is 0 Å². The van der Waals surface area contributed by atoms with E-state index in [2.05, 4.69) is 37.2 Å². The Labute approximate surface area is 214 Å². The molecule has 0 aliphatic heterocycles. The number of alkyl halides is 2. The number of rotatable bonds is 8. The van der Waals surface area contributed by atoms with Crippen LogP contribution in [0.4, 0.5) is 4.79 Å². The standard InChI is InChI=1S/C25H25Br2NO6/c1-14-9-21(29)33-23-15(2)22(18(11-20(14)23)10-19(27)12-26)34-24(30)16(3)28-25(31)32-13-17-7-5-4-6-8-17/h4-9,11,16,19H,10,12-13H2,1-3H3,(H,28,31)/t16-,19-/m1/s1. The molecule has 0 aliphatic rings. The lowest BCUT2D eigenvalue weighted by atomic mass is 9.99. The molecular formula is C25H25Br2NO6. The molecule has 1 amide bonds. The van der Waals surface area contributed by atoms with Gasteiger partial charge in [0.05, 0.1) is 0 Å². The lowest BCUT2D eigenvalue weighted by Crippen LogP contribution is -2.41. The predicted molar refractivity (Wildman–Crippen MR) is 137 cm³/mol. The third-order valence-corrected chi connectivity index (χ3v) is 7.51. The highest BCUT2D eigenvalue weighted by Gasteiger charge is 2.24. The topological polar surface area (TPSA) is 94.8 Å². The Morgan fingerprint density at radius 1 is 1.15 bits per heavy atom. The van der Waals surface area contributed by atoms with Gasteiger partial charge in [-0.25, -0.2) is 14.4 Å². The fourth-order valence-electron chi connectivity index (χ4n) is 3.44. The molecule has 1 aromatic heterocycles. The van der Waals surface area contributed by atoms with Crippen LogP contribution >= 0.6 is 31.9 Å². The van der Waals surface area contributed by atoms with Gasteiger partial charge in [0.1, 0.15) is 24.0 Å². The van der Waals surface area contributed by atoms with Gasteiger partial charge in [-0.3, -0.25) is 0 Å². The first-order chi connectivity index (χ1) is 16.2. The van der Waals surface area contributed by atoms with Crippen molar-refractivity contribution in [2.24, 2.45) is 0 Å². The highest BCUT2D eigenvalue weighted by Crippen LogP contribution is 2.34. The number of halogens is 2. The van der Waals surface area contributed by atoms with E-state index in [1.54, 1.807) is 6.92 Å². The lowest BCUT2D eigenvalue weighted by molar-refractivity contribution is -0.136. The van der Waals surface area contributed by atoms with Gasteiger partial charge in [-0.1, -0.05) is 62.2 Å². The molecule has 2 aromatic carbocycles. The zero-order chi connectivity index (χ0) is 24.8. The number of esters is 1. The van der Waals surface area contributed by atoms with Crippen LogP contribution in [0, 0.1) is 13.8 Å². The van der Waals surface area contributed by atoms with E-state index >= 15 is 0 Å². The van der Waals surface area contributed by atoms with Gasteiger partial charge in [-0.05, 0) is 49.9 Å². The van der Waals surface area contributed by atoms with Crippen LogP contribution in [-0.4, -0.2) is 28.3 Å². The number of amides is 1. The van der Waals surface area contributed by atoms with Crippen LogP contribution in [0.2, 0.25) is 0 Å². The van der Waals surface area contributed by atoms with Crippen molar-refractivity contribution >= 4 is 54.9 Å². The van der Waals surface area contributed by atoms with E-state index in [1.165, 1.54) is 13.0 Å². The van der Waals surface area contributed by atoms with Gasteiger partial charge >= 0.3 is 17.7 Å². The molecule has 1 heterocycles. The van der Waals surface area contributed by atoms with Gasteiger partial charge < -0.3 is 19.2 Å². The quantitative estimate of drug-likeness (QED) is 0.164. The van der Waals surface area contributed by atoms with Crippen LogP contribution in [-0.2, 0) is 22.6 Å². The molecule has 0 saturated carbocycles. The van der Waals surface area contributed by atoms with Gasteiger partial charge in [0, 0.05) is 27.2 Å². The Morgan fingerprint density at radius 3 is 2.53 bits per heavy atom. The molecule has 0 fully saturated rings. The van der Waals surface area contributed by atoms with Gasteiger partial charge in [0.25, 0.3) is 0 Å². The number of fused-ring (bicyclic) bond motifs is 1. The van der Waals surface area contributed by atoms with E-state index in [4.69, 9.17) is 13.9 Å². The first-order valence-corrected chi connectivity index (χ1v) is 12.7. The van der Waals surface area contributed by atoms with E-state index in [9.17, 15) is 14.4 Å². The van der Waals surface area contributed by atoms with Gasteiger partial charge in [-0.15, -0.1) is 0 Å². The monoisotopic (exact) mass is 593 g/mol. The molecule has 2 atom stereocenters. The SMILES string of the molecule is Cc1cc(=O)oc2c(C)c(OC(=O)[C@@H](C)NC(=O)OCc3ccccc3)c(C[C@@H](Br)CBr)cc12. The molecule has 9 heteroatoms. The number of carbonyl (C=O) groups is 2. The number of hydrogen-bond acceptors (Lipinski definition) is 6. The third kappa shape index (κ3) is 6.48. The maximum absolute atomic E-state index is 12.8. The third-order valence-electron chi connectivity index (χ3n) is 5.21. The average Bonchev–Trinajstić information content (AvgIpc) is 2.81. The van der Waals surface area contributed by atoms with Crippen LogP contribution in [0.25, 0.3) is 11.0 Å². The molecule has 0 saturated heterocycles. The van der Waals surface area contributed by atoms with Crippen LogP contribution in [0.15, 0.2) is 51.7 Å². The first-order valence-electron chi connectivity index (χ1n) is 10.7. The summed E-state index contributed by atoms with van der Waals surface area (Å²) >= 11 is 7.04. The van der Waals surface area contributed by atoms with Crippen molar-refractivity contribution in [3.63, 3.8) is 0 Å². The summed E-state index contributed by atoms with van der Waals surface area (Å²) in [5.74, 6) is -0.358. The van der Waals surface area contributed by atoms with Crippen molar-refractivity contribution in [2.45, 2.75) is 44.7 Å². The normalized spacial score (nSPS) is 12.7. The second-order valence-corrected chi connectivity index (χ2v) is 9.86. The van der Waals surface area contributed by atoms with Gasteiger partial charge in [0.15, 0.2) is 0 Å². The smallest absolute Gasteiger partial charge is 0.408 e. The summed E-state index contributed by atoms with van der Waals surface area (Å²) in [6.45, 7) is 5.16. The molecule has 3 aromatic rings. The molecular weight excluding hydrogens is 570 g/mol. The molecule has 0 radical (unpaired) electrons. The Hall–Kier alpha value is -2.65. The van der Waals surface area contributed by atoms with E-state index in [0.717, 1.165) is 22.1 Å². The summed E-state index contributed by atoms with van der Waals surface area (Å²) < 4.78 is 16.3. The summed E-state index contributed by atoms with van der Waals surface area (Å²) in [6, 6.07) is 11.6. The van der Waals surface area contributed by atoms with Crippen LogP contribution < -0.4 is 15.7 Å². The molecule has 0 bridgehead atoms. The van der Waals surface area contributed by atoms with E-state index in [-0.39, 0.29) is 11.4 Å². The first kappa shape index (κ1) is 26.0. The van der Waals surface area contributed by atoms with E-state index in [0.29, 0.717) is 28.6 Å². The maximum atomic E-state index is 12.8. The fraction of sp³-hybridized carbons (Fsp3) is 0.320. The molecule has 3 rings (SSSR count). The number of nitrogens with one attached hydrogen (secondary N) is 1. The zero-order valence-corrected chi connectivity index (χ0v) is 22.2. The van der Waals surface area contributed by atoms with Crippen LogP contribution in [0.1, 0.15) is 29.2 Å². The molecule has 0 aliphatic carbocycles. The highest BCUT2D eigenvalue weighted by molar-refractivity contribution is 9.12. The van der Waals surface area contributed by atoms with Crippen molar-refractivity contribution in [2.75, 3.05) is 5.33 Å². The molecule has 0 unspecified atom stereocenters. The molecule has 7 nitrogen and oxygen atoms in total. The summed E-state index contributed by atoms with van der Waals surface area (Å²) in [5.41, 5.74) is 2.80. The van der Waals surface area contributed by atoms with Crippen molar-refractivity contribution in [3.8, 4) is 5.75 Å². The summed E-state index contributed by atoms with van der Waals surface area (Å²) in [4.78, 5) is 37.0. The molecule has 0 spiro atoms. The number of aryl methyl sites for hydroxylation is 2. The van der Waals surface area contributed by atoms with Crippen molar-refractivity contribution in [3.05, 3.63) is 75.1 Å². The zero-order valence-electron chi connectivity index (χ0n) is 19.0. The summed E-state index contributed by atoms with van der Waals surface area (Å²) in [6.07, 6.45) is -0.172. The Kier molecular flexibility index (Phi) is 8.90. The van der Waals surface area contributed by atoms with Gasteiger partial charge in [0.2, 0.25) is 0 Å². The number of benzene rings is 2. The van der Waals surface area contributed by atoms with Crippen molar-refractivity contribution < 1.29 is 23.5 Å². The maximum Gasteiger partial charge on any atom is 0.408 e. The summed E-state index contributed by atoms with van der Waals surface area (Å²) in [5, 5.41) is 3.95. The van der Waals surface area contributed by atoms with E-state index < -0.39 is 23.7 Å². The number of ether oxygens (including phenoxy) is 2. The second kappa shape index (κ2) is 11.7. The largest absolute Gasteiger partial charge is 0.445 e. The number of carbonyl (C=O) groups excluding carboxylic acids is 2. The predicted octanol–water partition coefficient (Wildman–Crippen LogP) is 5.33. The highest BCUT2D eigenvalue weighted by atomic mass is 79.9. The minimum absolute atomic E-state index is 0.0833. The Morgan fingerprint density at radius 2 is 1.85 bits per heavy atom. The summed E-state index contributed by atoms with van der Waals surface area (Å²) in [7, 11) is 0. The fourth-order valence-corrected chi connectivity index (χ4v) is 4.01. The Balaban J connectivity index is 1.80. The van der Waals surface area contributed by atoms with Crippen LogP contribution in [0.3, 0.4) is 0 Å².